The number of aromatic nitrogens is 1. The molecule has 1 aromatic heterocycles. The summed E-state index contributed by atoms with van der Waals surface area (Å²) < 4.78 is 41.0. The highest BCUT2D eigenvalue weighted by atomic mass is 19.4. The van der Waals surface area contributed by atoms with Gasteiger partial charge in [0.1, 0.15) is 12.2 Å². The molecule has 0 saturated carbocycles. The van der Waals surface area contributed by atoms with E-state index in [-0.39, 0.29) is 17.2 Å². The van der Waals surface area contributed by atoms with E-state index in [1.807, 2.05) is 20.8 Å². The van der Waals surface area contributed by atoms with E-state index in [0.717, 1.165) is 6.20 Å². The average molecular weight is 236 g/mol. The Kier molecular flexibility index (Phi) is 3.62. The number of hydrogen-bond donors (Lipinski definition) is 1. The Bertz CT molecular complexity index is 339. The number of hydrogen-bond acceptors (Lipinski definition) is 3. The maximum Gasteiger partial charge on any atom is 0.396 e. The summed E-state index contributed by atoms with van der Waals surface area (Å²) in [6.45, 7) is 6.17. The second-order valence-corrected chi connectivity index (χ2v) is 4.62. The van der Waals surface area contributed by atoms with Gasteiger partial charge in [-0.2, -0.15) is 13.2 Å². The quantitative estimate of drug-likeness (QED) is 0.876. The summed E-state index contributed by atoms with van der Waals surface area (Å²) in [5, 5.41) is 3.08. The van der Waals surface area contributed by atoms with Gasteiger partial charge in [0.2, 0.25) is 5.89 Å². The van der Waals surface area contributed by atoms with Crippen molar-refractivity contribution in [1.29, 1.82) is 0 Å². The first-order valence-corrected chi connectivity index (χ1v) is 4.91. The lowest BCUT2D eigenvalue weighted by Gasteiger charge is -2.18. The van der Waals surface area contributed by atoms with E-state index in [9.17, 15) is 13.2 Å². The summed E-state index contributed by atoms with van der Waals surface area (Å²) in [6.07, 6.45) is -4.21. The molecule has 16 heavy (non-hydrogen) atoms. The molecule has 0 radical (unpaired) electrons. The Balaban J connectivity index is 2.52. The molecule has 0 aliphatic rings. The molecule has 1 rings (SSSR count). The SMILES string of the molecule is CC(C)(C)NCc1ncc(CC(F)(F)F)o1. The van der Waals surface area contributed by atoms with Crippen molar-refractivity contribution in [2.75, 3.05) is 0 Å². The lowest BCUT2D eigenvalue weighted by molar-refractivity contribution is -0.130. The Hall–Kier alpha value is -1.04. The number of alkyl halides is 3. The molecular formula is C10H15F3N2O. The van der Waals surface area contributed by atoms with Gasteiger partial charge in [-0.05, 0) is 20.8 Å². The standard InChI is InChI=1S/C10H15F3N2O/c1-9(2,3)15-6-8-14-5-7(16-8)4-10(11,12)13/h5,15H,4,6H2,1-3H3. The van der Waals surface area contributed by atoms with Gasteiger partial charge in [-0.3, -0.25) is 0 Å². The van der Waals surface area contributed by atoms with Crippen LogP contribution < -0.4 is 5.32 Å². The normalized spacial score (nSPS) is 13.1. The maximum atomic E-state index is 12.0. The highest BCUT2D eigenvalue weighted by Gasteiger charge is 2.29. The van der Waals surface area contributed by atoms with Crippen LogP contribution in [0.25, 0.3) is 0 Å². The summed E-state index contributed by atoms with van der Waals surface area (Å²) >= 11 is 0. The highest BCUT2D eigenvalue weighted by molar-refractivity contribution is 4.96. The molecule has 0 amide bonds. The van der Waals surface area contributed by atoms with Gasteiger partial charge in [-0.15, -0.1) is 0 Å². The smallest absolute Gasteiger partial charge is 0.396 e. The molecule has 3 nitrogen and oxygen atoms in total. The minimum absolute atomic E-state index is 0.126. The Morgan fingerprint density at radius 1 is 1.31 bits per heavy atom. The van der Waals surface area contributed by atoms with Gasteiger partial charge in [0, 0.05) is 5.54 Å². The van der Waals surface area contributed by atoms with E-state index in [2.05, 4.69) is 10.3 Å². The second-order valence-electron chi connectivity index (χ2n) is 4.62. The van der Waals surface area contributed by atoms with Crippen LogP contribution in [0.1, 0.15) is 32.4 Å². The molecule has 1 heterocycles. The molecule has 0 fully saturated rings. The molecule has 0 unspecified atom stereocenters. The predicted molar refractivity (Wildman–Crippen MR) is 52.9 cm³/mol. The second kappa shape index (κ2) is 4.45. The largest absolute Gasteiger partial charge is 0.444 e. The van der Waals surface area contributed by atoms with Gasteiger partial charge in [-0.1, -0.05) is 0 Å². The van der Waals surface area contributed by atoms with Crippen LogP contribution in [0.15, 0.2) is 10.6 Å². The molecule has 0 aliphatic carbocycles. The third kappa shape index (κ3) is 5.16. The highest BCUT2D eigenvalue weighted by Crippen LogP contribution is 2.21. The molecule has 0 spiro atoms. The third-order valence-electron chi connectivity index (χ3n) is 1.75. The van der Waals surface area contributed by atoms with Crippen molar-refractivity contribution in [3.05, 3.63) is 17.8 Å². The fourth-order valence-electron chi connectivity index (χ4n) is 1.05. The number of nitrogens with zero attached hydrogens (tertiary/aromatic N) is 1. The van der Waals surface area contributed by atoms with E-state index < -0.39 is 12.6 Å². The van der Waals surface area contributed by atoms with Crippen LogP contribution in [-0.2, 0) is 13.0 Å². The number of oxazole rings is 1. The Morgan fingerprint density at radius 2 is 1.94 bits per heavy atom. The lowest BCUT2D eigenvalue weighted by atomic mass is 10.1. The molecule has 0 aliphatic heterocycles. The van der Waals surface area contributed by atoms with E-state index in [4.69, 9.17) is 4.42 Å². The number of nitrogens with one attached hydrogen (secondary N) is 1. The topological polar surface area (TPSA) is 38.1 Å². The van der Waals surface area contributed by atoms with Crippen LogP contribution in [0, 0.1) is 0 Å². The van der Waals surface area contributed by atoms with Crippen molar-refractivity contribution in [1.82, 2.24) is 10.3 Å². The van der Waals surface area contributed by atoms with Crippen molar-refractivity contribution in [3.8, 4) is 0 Å². The summed E-state index contributed by atoms with van der Waals surface area (Å²) in [4.78, 5) is 3.77. The van der Waals surface area contributed by atoms with Crippen LogP contribution >= 0.6 is 0 Å². The first-order chi connectivity index (χ1) is 7.16. The third-order valence-corrected chi connectivity index (χ3v) is 1.75. The zero-order valence-electron chi connectivity index (χ0n) is 9.48. The van der Waals surface area contributed by atoms with Crippen LogP contribution in [0.4, 0.5) is 13.2 Å². The first-order valence-electron chi connectivity index (χ1n) is 4.91. The van der Waals surface area contributed by atoms with E-state index >= 15 is 0 Å². The summed E-state index contributed by atoms with van der Waals surface area (Å²) in [5.74, 6) is 0.118. The summed E-state index contributed by atoms with van der Waals surface area (Å²) in [6, 6.07) is 0. The van der Waals surface area contributed by atoms with Crippen LogP contribution in [0.2, 0.25) is 0 Å². The number of rotatable bonds is 3. The van der Waals surface area contributed by atoms with Crippen molar-refractivity contribution in [2.45, 2.75) is 45.5 Å². The molecule has 1 aromatic rings. The fourth-order valence-corrected chi connectivity index (χ4v) is 1.05. The molecule has 92 valence electrons. The van der Waals surface area contributed by atoms with E-state index in [1.54, 1.807) is 0 Å². The van der Waals surface area contributed by atoms with Gasteiger partial charge < -0.3 is 9.73 Å². The van der Waals surface area contributed by atoms with Gasteiger partial charge in [0.25, 0.3) is 0 Å². The Morgan fingerprint density at radius 3 is 2.44 bits per heavy atom. The van der Waals surface area contributed by atoms with Crippen LogP contribution in [0.3, 0.4) is 0 Å². The van der Waals surface area contributed by atoms with Gasteiger partial charge in [0.05, 0.1) is 12.7 Å². The van der Waals surface area contributed by atoms with Crippen molar-refractivity contribution in [3.63, 3.8) is 0 Å². The van der Waals surface area contributed by atoms with Crippen molar-refractivity contribution < 1.29 is 17.6 Å². The van der Waals surface area contributed by atoms with Gasteiger partial charge in [0.15, 0.2) is 0 Å². The van der Waals surface area contributed by atoms with E-state index in [1.165, 1.54) is 0 Å². The van der Waals surface area contributed by atoms with E-state index in [0.29, 0.717) is 6.54 Å². The molecule has 6 heteroatoms. The molecule has 0 aromatic carbocycles. The zero-order valence-corrected chi connectivity index (χ0v) is 9.48. The summed E-state index contributed by atoms with van der Waals surface area (Å²) in [5.41, 5.74) is -0.126. The first kappa shape index (κ1) is 13.0. The van der Waals surface area contributed by atoms with Crippen LogP contribution in [0.5, 0.6) is 0 Å². The van der Waals surface area contributed by atoms with Crippen LogP contribution in [-0.4, -0.2) is 16.7 Å². The zero-order chi connectivity index (χ0) is 12.4. The molecule has 1 N–H and O–H groups in total. The minimum Gasteiger partial charge on any atom is -0.444 e. The van der Waals surface area contributed by atoms with Crippen molar-refractivity contribution >= 4 is 0 Å². The Labute approximate surface area is 92.0 Å². The monoisotopic (exact) mass is 236 g/mol. The fraction of sp³-hybridized carbons (Fsp3) is 0.700. The average Bonchev–Trinajstić information content (AvgIpc) is 2.44. The van der Waals surface area contributed by atoms with Gasteiger partial charge in [-0.25, -0.2) is 4.98 Å². The molecule has 0 atom stereocenters. The molecule has 0 bridgehead atoms. The molecule has 0 saturated heterocycles. The maximum absolute atomic E-state index is 12.0. The number of halogens is 3. The predicted octanol–water partition coefficient (Wildman–Crippen LogP) is 2.67. The minimum atomic E-state index is -4.26. The van der Waals surface area contributed by atoms with Gasteiger partial charge >= 0.3 is 6.18 Å². The summed E-state index contributed by atoms with van der Waals surface area (Å²) in [7, 11) is 0. The van der Waals surface area contributed by atoms with Crippen molar-refractivity contribution in [2.24, 2.45) is 0 Å². The lowest BCUT2D eigenvalue weighted by Crippen LogP contribution is -2.35. The molecular weight excluding hydrogens is 221 g/mol.